The van der Waals surface area contributed by atoms with Crippen molar-refractivity contribution in [1.29, 1.82) is 0 Å². The summed E-state index contributed by atoms with van der Waals surface area (Å²) < 4.78 is 35.4. The van der Waals surface area contributed by atoms with Crippen LogP contribution in [0.1, 0.15) is 48.8 Å². The van der Waals surface area contributed by atoms with E-state index in [2.05, 4.69) is 4.90 Å². The summed E-state index contributed by atoms with van der Waals surface area (Å²) in [4.78, 5) is 2.75. The molecule has 5 atom stereocenters. The number of likely N-dealkylation sites (N-methyl/N-ethyl adjacent to an activating group) is 1. The molecule has 2 N–H and O–H groups in total. The predicted octanol–water partition coefficient (Wildman–Crippen LogP) is 2.95. The van der Waals surface area contributed by atoms with E-state index in [0.717, 1.165) is 42.1 Å². The number of aryl methyl sites for hydroxylation is 1. The Kier molecular flexibility index (Phi) is 4.77. The van der Waals surface area contributed by atoms with E-state index in [9.17, 15) is 18.6 Å². The number of rotatable bonds is 5. The summed E-state index contributed by atoms with van der Waals surface area (Å²) in [5.41, 5.74) is 1.27. The number of hydrogen-bond acceptors (Lipinski definition) is 6. The van der Waals surface area contributed by atoms with Gasteiger partial charge in [-0.1, -0.05) is 23.8 Å². The van der Waals surface area contributed by atoms with Gasteiger partial charge >= 0.3 is 0 Å². The van der Waals surface area contributed by atoms with Gasteiger partial charge in [-0.2, -0.15) is 4.31 Å². The van der Waals surface area contributed by atoms with Crippen LogP contribution < -0.4 is 4.74 Å². The van der Waals surface area contributed by atoms with Crippen LogP contribution in [0.15, 0.2) is 41.3 Å². The summed E-state index contributed by atoms with van der Waals surface area (Å²) >= 11 is 0. The van der Waals surface area contributed by atoms with Gasteiger partial charge in [-0.3, -0.25) is 4.90 Å². The number of piperidine rings is 1. The van der Waals surface area contributed by atoms with E-state index in [4.69, 9.17) is 4.74 Å². The molecule has 192 valence electrons. The van der Waals surface area contributed by atoms with Crippen LogP contribution in [-0.4, -0.2) is 71.8 Å². The molecule has 36 heavy (non-hydrogen) atoms. The maximum Gasteiger partial charge on any atom is 0.243 e. The summed E-state index contributed by atoms with van der Waals surface area (Å²) in [5, 5.41) is 23.4. The fraction of sp³-hybridized carbons (Fsp3) is 0.571. The van der Waals surface area contributed by atoms with Gasteiger partial charge in [0.15, 0.2) is 11.5 Å². The van der Waals surface area contributed by atoms with Crippen LogP contribution in [0.25, 0.3) is 0 Å². The second-order valence-corrected chi connectivity index (χ2v) is 13.7. The first kappa shape index (κ1) is 23.0. The van der Waals surface area contributed by atoms with Crippen molar-refractivity contribution in [2.24, 2.45) is 5.92 Å². The smallest absolute Gasteiger partial charge is 0.243 e. The Balaban J connectivity index is 1.34. The van der Waals surface area contributed by atoms with E-state index in [1.807, 2.05) is 25.1 Å². The molecule has 1 unspecified atom stereocenters. The highest BCUT2D eigenvalue weighted by Gasteiger charge is 2.73. The molecule has 2 heterocycles. The molecular weight excluding hydrogens is 476 g/mol. The molecule has 7 nitrogen and oxygen atoms in total. The van der Waals surface area contributed by atoms with Gasteiger partial charge < -0.3 is 14.9 Å². The van der Waals surface area contributed by atoms with Crippen molar-refractivity contribution < 1.29 is 23.4 Å². The lowest BCUT2D eigenvalue weighted by molar-refractivity contribution is -0.195. The molecule has 8 heteroatoms. The van der Waals surface area contributed by atoms with E-state index < -0.39 is 33.2 Å². The van der Waals surface area contributed by atoms with Crippen molar-refractivity contribution in [3.8, 4) is 11.5 Å². The second-order valence-electron chi connectivity index (χ2n) is 11.7. The Hall–Kier alpha value is -2.13. The molecule has 1 saturated heterocycles. The van der Waals surface area contributed by atoms with E-state index in [0.29, 0.717) is 25.0 Å². The monoisotopic (exact) mass is 510 g/mol. The van der Waals surface area contributed by atoms with Crippen molar-refractivity contribution in [3.05, 3.63) is 53.1 Å². The van der Waals surface area contributed by atoms with E-state index in [-0.39, 0.29) is 16.7 Å². The zero-order chi connectivity index (χ0) is 25.0. The van der Waals surface area contributed by atoms with Gasteiger partial charge in [0, 0.05) is 25.2 Å². The van der Waals surface area contributed by atoms with Crippen molar-refractivity contribution >= 4 is 10.0 Å². The zero-order valence-electron chi connectivity index (χ0n) is 20.9. The van der Waals surface area contributed by atoms with Crippen LogP contribution in [0, 0.1) is 12.8 Å². The van der Waals surface area contributed by atoms with Gasteiger partial charge in [-0.05, 0) is 81.7 Å². The first-order valence-electron chi connectivity index (χ1n) is 13.2. The fourth-order valence-electron chi connectivity index (χ4n) is 7.88. The molecule has 3 fully saturated rings. The first-order valence-corrected chi connectivity index (χ1v) is 14.6. The molecule has 2 saturated carbocycles. The van der Waals surface area contributed by atoms with Crippen molar-refractivity contribution in [2.75, 3.05) is 20.1 Å². The van der Waals surface area contributed by atoms with Crippen molar-refractivity contribution in [1.82, 2.24) is 9.21 Å². The number of aromatic hydroxyl groups is 1. The Labute approximate surface area is 212 Å². The van der Waals surface area contributed by atoms with E-state index in [1.54, 1.807) is 25.2 Å². The summed E-state index contributed by atoms with van der Waals surface area (Å²) in [6, 6.07) is 10.1. The molecule has 2 aromatic rings. The highest BCUT2D eigenvalue weighted by Crippen LogP contribution is 2.66. The molecular formula is C28H34N2O5S. The lowest BCUT2D eigenvalue weighted by Crippen LogP contribution is -2.78. The number of benzene rings is 2. The lowest BCUT2D eigenvalue weighted by atomic mass is 9.48. The third-order valence-electron chi connectivity index (χ3n) is 9.90. The molecule has 0 amide bonds. The van der Waals surface area contributed by atoms with E-state index in [1.165, 1.54) is 17.1 Å². The van der Waals surface area contributed by atoms with Crippen LogP contribution >= 0.6 is 0 Å². The molecule has 2 bridgehead atoms. The normalized spacial score (nSPS) is 34.9. The molecule has 1 spiro atoms. The maximum atomic E-state index is 13.7. The summed E-state index contributed by atoms with van der Waals surface area (Å²) in [6.07, 6.45) is 4.39. The highest BCUT2D eigenvalue weighted by atomic mass is 32.2. The topological polar surface area (TPSA) is 90.3 Å². The van der Waals surface area contributed by atoms with Crippen molar-refractivity contribution in [2.45, 2.75) is 79.5 Å². The number of aliphatic hydroxyl groups is 1. The molecule has 2 aromatic carbocycles. The Bertz CT molecular complexity index is 1340. The molecule has 0 radical (unpaired) electrons. The summed E-state index contributed by atoms with van der Waals surface area (Å²) in [7, 11) is -2.14. The van der Waals surface area contributed by atoms with Gasteiger partial charge in [0.05, 0.1) is 22.0 Å². The van der Waals surface area contributed by atoms with Crippen molar-refractivity contribution in [3.63, 3.8) is 0 Å². The Morgan fingerprint density at radius 1 is 1.11 bits per heavy atom. The SMILES string of the molecule is Cc1ccc(S(=O)(=O)N(C)C2CC[C@@]3(O)[C@H]4Cc5ccc(O)c6c5[C@@]3(CCN4CC3CC3)[C@H]2O6)cc1. The Morgan fingerprint density at radius 2 is 1.86 bits per heavy atom. The van der Waals surface area contributed by atoms with Crippen LogP contribution in [0.2, 0.25) is 0 Å². The number of hydrogen-bond donors (Lipinski definition) is 2. The average Bonchev–Trinajstić information content (AvgIpc) is 3.59. The fourth-order valence-corrected chi connectivity index (χ4v) is 9.27. The second kappa shape index (κ2) is 7.47. The molecule has 0 aromatic heterocycles. The van der Waals surface area contributed by atoms with Crippen LogP contribution in [0.4, 0.5) is 0 Å². The van der Waals surface area contributed by atoms with E-state index >= 15 is 0 Å². The molecule has 2 aliphatic heterocycles. The average molecular weight is 511 g/mol. The minimum absolute atomic E-state index is 0.0269. The van der Waals surface area contributed by atoms with Crippen LogP contribution in [-0.2, 0) is 21.9 Å². The Morgan fingerprint density at radius 3 is 2.58 bits per heavy atom. The number of phenolic OH excluding ortho intramolecular Hbond substituents is 1. The molecule has 3 aliphatic carbocycles. The molecule has 7 rings (SSSR count). The standard InChI is InChI=1S/C28H34N2O5S/c1-17-3-8-20(9-4-17)36(33,34)29(2)21-11-12-28(32)23-15-19-7-10-22(31)25-24(19)27(28,26(21)35-25)13-14-30(23)16-18-5-6-18/h3-4,7-10,18,21,23,26,31-32H,5-6,11-16H2,1-2H3/t21?,23-,26+,27+,28-/m1/s1. The largest absolute Gasteiger partial charge is 0.504 e. The molecule has 5 aliphatic rings. The minimum atomic E-state index is -3.77. The van der Waals surface area contributed by atoms with Gasteiger partial charge in [0.1, 0.15) is 6.10 Å². The lowest BCUT2D eigenvalue weighted by Gasteiger charge is -2.64. The summed E-state index contributed by atoms with van der Waals surface area (Å²) in [5.74, 6) is 1.23. The quantitative estimate of drug-likeness (QED) is 0.643. The minimum Gasteiger partial charge on any atom is -0.504 e. The number of sulfonamides is 1. The van der Waals surface area contributed by atoms with Gasteiger partial charge in [-0.15, -0.1) is 0 Å². The maximum absolute atomic E-state index is 13.7. The number of nitrogens with zero attached hydrogens (tertiary/aromatic N) is 2. The van der Waals surface area contributed by atoms with Gasteiger partial charge in [-0.25, -0.2) is 8.42 Å². The van der Waals surface area contributed by atoms with Crippen LogP contribution in [0.5, 0.6) is 11.5 Å². The number of likely N-dealkylation sites (tertiary alicyclic amines) is 1. The first-order chi connectivity index (χ1) is 17.2. The number of phenols is 1. The van der Waals surface area contributed by atoms with Gasteiger partial charge in [0.25, 0.3) is 0 Å². The predicted molar refractivity (Wildman–Crippen MR) is 135 cm³/mol. The van der Waals surface area contributed by atoms with Crippen LogP contribution in [0.3, 0.4) is 0 Å². The zero-order valence-corrected chi connectivity index (χ0v) is 21.7. The summed E-state index contributed by atoms with van der Waals surface area (Å²) in [6.45, 7) is 3.79. The third kappa shape index (κ3) is 2.87. The highest BCUT2D eigenvalue weighted by molar-refractivity contribution is 7.89. The third-order valence-corrected chi connectivity index (χ3v) is 11.8. The van der Waals surface area contributed by atoms with Gasteiger partial charge in [0.2, 0.25) is 10.0 Å². The number of ether oxygens (including phenoxy) is 1.